The van der Waals surface area contributed by atoms with Crippen molar-refractivity contribution < 1.29 is 0 Å². The smallest absolute Gasteiger partial charge is 0.0549 e. The Balaban J connectivity index is 1.84. The number of hydrogen-bond donors (Lipinski definition) is 1. The standard InChI is InChI=1S/C14H26N4/c1-4-15-11-13-6-9-18(10-7-13)12(2)14-5-8-16-17(14)3/h5,8,12-13,15H,4,6-7,9-11H2,1-3H3. The lowest BCUT2D eigenvalue weighted by Gasteiger charge is -2.36. The van der Waals surface area contributed by atoms with E-state index < -0.39 is 0 Å². The van der Waals surface area contributed by atoms with Gasteiger partial charge in [0.05, 0.1) is 5.69 Å². The first-order chi connectivity index (χ1) is 8.72. The monoisotopic (exact) mass is 250 g/mol. The topological polar surface area (TPSA) is 33.1 Å². The van der Waals surface area contributed by atoms with Crippen LogP contribution in [0.25, 0.3) is 0 Å². The Morgan fingerprint density at radius 1 is 1.44 bits per heavy atom. The zero-order chi connectivity index (χ0) is 13.0. The van der Waals surface area contributed by atoms with E-state index in [-0.39, 0.29) is 0 Å². The highest BCUT2D eigenvalue weighted by Gasteiger charge is 2.24. The number of nitrogens with zero attached hydrogens (tertiary/aromatic N) is 3. The van der Waals surface area contributed by atoms with E-state index in [4.69, 9.17) is 0 Å². The van der Waals surface area contributed by atoms with Crippen molar-refractivity contribution in [1.82, 2.24) is 20.0 Å². The number of likely N-dealkylation sites (tertiary alicyclic amines) is 1. The summed E-state index contributed by atoms with van der Waals surface area (Å²) in [5.74, 6) is 0.861. The summed E-state index contributed by atoms with van der Waals surface area (Å²) >= 11 is 0. The summed E-state index contributed by atoms with van der Waals surface area (Å²) in [6.07, 6.45) is 4.52. The van der Waals surface area contributed by atoms with Gasteiger partial charge in [-0.15, -0.1) is 0 Å². The third kappa shape index (κ3) is 3.12. The molecule has 0 amide bonds. The summed E-state index contributed by atoms with van der Waals surface area (Å²) in [5.41, 5.74) is 1.32. The van der Waals surface area contributed by atoms with Crippen molar-refractivity contribution in [2.75, 3.05) is 26.2 Å². The molecule has 0 aliphatic carbocycles. The number of aryl methyl sites for hydroxylation is 1. The van der Waals surface area contributed by atoms with Gasteiger partial charge in [0.1, 0.15) is 0 Å². The third-order valence-corrected chi connectivity index (χ3v) is 4.17. The van der Waals surface area contributed by atoms with Gasteiger partial charge in [0.2, 0.25) is 0 Å². The van der Waals surface area contributed by atoms with Crippen molar-refractivity contribution in [3.05, 3.63) is 18.0 Å². The molecule has 1 unspecified atom stereocenters. The molecule has 0 saturated carbocycles. The second-order valence-corrected chi connectivity index (χ2v) is 5.34. The van der Waals surface area contributed by atoms with E-state index in [0.29, 0.717) is 6.04 Å². The van der Waals surface area contributed by atoms with E-state index in [2.05, 4.69) is 35.2 Å². The minimum atomic E-state index is 0.484. The molecule has 1 N–H and O–H groups in total. The van der Waals surface area contributed by atoms with Gasteiger partial charge in [-0.25, -0.2) is 0 Å². The number of piperidine rings is 1. The van der Waals surface area contributed by atoms with Gasteiger partial charge in [-0.1, -0.05) is 6.92 Å². The molecule has 2 heterocycles. The average molecular weight is 250 g/mol. The Bertz CT molecular complexity index is 352. The van der Waals surface area contributed by atoms with Gasteiger partial charge in [0.15, 0.2) is 0 Å². The van der Waals surface area contributed by atoms with Crippen LogP contribution in [0.4, 0.5) is 0 Å². The van der Waals surface area contributed by atoms with Crippen LogP contribution in [0.3, 0.4) is 0 Å². The molecule has 1 atom stereocenters. The molecule has 0 bridgehead atoms. The summed E-state index contributed by atoms with van der Waals surface area (Å²) < 4.78 is 2.00. The Morgan fingerprint density at radius 3 is 2.72 bits per heavy atom. The minimum Gasteiger partial charge on any atom is -0.317 e. The maximum absolute atomic E-state index is 4.27. The molecular formula is C14H26N4. The van der Waals surface area contributed by atoms with Gasteiger partial charge in [0.25, 0.3) is 0 Å². The molecule has 0 radical (unpaired) electrons. The predicted molar refractivity (Wildman–Crippen MR) is 74.5 cm³/mol. The SMILES string of the molecule is CCNCC1CCN(C(C)c2ccnn2C)CC1. The highest BCUT2D eigenvalue weighted by Crippen LogP contribution is 2.25. The summed E-state index contributed by atoms with van der Waals surface area (Å²) in [4.78, 5) is 2.58. The van der Waals surface area contributed by atoms with Crippen molar-refractivity contribution in [2.45, 2.75) is 32.7 Å². The van der Waals surface area contributed by atoms with Crippen LogP contribution in [0.5, 0.6) is 0 Å². The Kier molecular flexibility index (Phi) is 4.78. The maximum Gasteiger partial charge on any atom is 0.0549 e. The van der Waals surface area contributed by atoms with E-state index >= 15 is 0 Å². The van der Waals surface area contributed by atoms with E-state index in [1.165, 1.54) is 38.2 Å². The lowest BCUT2D eigenvalue weighted by atomic mass is 9.95. The van der Waals surface area contributed by atoms with Gasteiger partial charge < -0.3 is 5.32 Å². The Morgan fingerprint density at radius 2 is 2.17 bits per heavy atom. The molecule has 1 aliphatic heterocycles. The summed E-state index contributed by atoms with van der Waals surface area (Å²) in [6, 6.07) is 2.62. The summed E-state index contributed by atoms with van der Waals surface area (Å²) in [7, 11) is 2.03. The molecular weight excluding hydrogens is 224 g/mol. The second kappa shape index (κ2) is 6.34. The molecule has 0 aromatic carbocycles. The van der Waals surface area contributed by atoms with Crippen molar-refractivity contribution >= 4 is 0 Å². The van der Waals surface area contributed by atoms with Crippen molar-refractivity contribution in [2.24, 2.45) is 13.0 Å². The fourth-order valence-electron chi connectivity index (χ4n) is 2.87. The minimum absolute atomic E-state index is 0.484. The summed E-state index contributed by atoms with van der Waals surface area (Å²) in [6.45, 7) is 9.17. The molecule has 2 rings (SSSR count). The van der Waals surface area contributed by atoms with Crippen molar-refractivity contribution in [3.63, 3.8) is 0 Å². The molecule has 1 saturated heterocycles. The molecule has 1 aromatic rings. The molecule has 1 fully saturated rings. The first-order valence-corrected chi connectivity index (χ1v) is 7.15. The van der Waals surface area contributed by atoms with Crippen LogP contribution in [0.1, 0.15) is 38.4 Å². The van der Waals surface area contributed by atoms with Crippen molar-refractivity contribution in [3.8, 4) is 0 Å². The lowest BCUT2D eigenvalue weighted by molar-refractivity contribution is 0.136. The van der Waals surface area contributed by atoms with Crippen LogP contribution >= 0.6 is 0 Å². The number of rotatable bonds is 5. The van der Waals surface area contributed by atoms with Crippen LogP contribution in [0.2, 0.25) is 0 Å². The van der Waals surface area contributed by atoms with Gasteiger partial charge in [0, 0.05) is 19.3 Å². The van der Waals surface area contributed by atoms with E-state index in [0.717, 1.165) is 12.5 Å². The highest BCUT2D eigenvalue weighted by atomic mass is 15.3. The van der Waals surface area contributed by atoms with E-state index in [1.807, 2.05) is 17.9 Å². The third-order valence-electron chi connectivity index (χ3n) is 4.17. The van der Waals surface area contributed by atoms with E-state index in [9.17, 15) is 0 Å². The second-order valence-electron chi connectivity index (χ2n) is 5.34. The van der Waals surface area contributed by atoms with Crippen LogP contribution in [-0.4, -0.2) is 40.9 Å². The Labute approximate surface area is 110 Å². The quantitative estimate of drug-likeness (QED) is 0.865. The van der Waals surface area contributed by atoms with Gasteiger partial charge >= 0.3 is 0 Å². The fourth-order valence-corrected chi connectivity index (χ4v) is 2.87. The van der Waals surface area contributed by atoms with Crippen LogP contribution in [-0.2, 0) is 7.05 Å². The zero-order valence-corrected chi connectivity index (χ0v) is 11.9. The predicted octanol–water partition coefficient (Wildman–Crippen LogP) is 1.80. The molecule has 18 heavy (non-hydrogen) atoms. The van der Waals surface area contributed by atoms with Gasteiger partial charge in [-0.05, 0) is 57.9 Å². The fraction of sp³-hybridized carbons (Fsp3) is 0.786. The largest absolute Gasteiger partial charge is 0.317 e. The average Bonchev–Trinajstić information content (AvgIpc) is 2.82. The van der Waals surface area contributed by atoms with Gasteiger partial charge in [-0.2, -0.15) is 5.10 Å². The molecule has 4 nitrogen and oxygen atoms in total. The Hall–Kier alpha value is -0.870. The maximum atomic E-state index is 4.27. The molecule has 102 valence electrons. The number of nitrogens with one attached hydrogen (secondary N) is 1. The van der Waals surface area contributed by atoms with Crippen LogP contribution < -0.4 is 5.32 Å². The normalized spacial score (nSPS) is 20.2. The van der Waals surface area contributed by atoms with Crippen LogP contribution in [0.15, 0.2) is 12.3 Å². The highest BCUT2D eigenvalue weighted by molar-refractivity contribution is 5.06. The van der Waals surface area contributed by atoms with Crippen molar-refractivity contribution in [1.29, 1.82) is 0 Å². The summed E-state index contributed by atoms with van der Waals surface area (Å²) in [5, 5.41) is 7.73. The zero-order valence-electron chi connectivity index (χ0n) is 11.9. The lowest BCUT2D eigenvalue weighted by Crippen LogP contribution is -2.39. The molecule has 0 spiro atoms. The molecule has 4 heteroatoms. The van der Waals surface area contributed by atoms with Crippen LogP contribution in [0, 0.1) is 5.92 Å². The molecule has 1 aliphatic rings. The number of aromatic nitrogens is 2. The number of hydrogen-bond acceptors (Lipinski definition) is 3. The van der Waals surface area contributed by atoms with E-state index in [1.54, 1.807) is 0 Å². The first-order valence-electron chi connectivity index (χ1n) is 7.15. The first kappa shape index (κ1) is 13.6. The van der Waals surface area contributed by atoms with Gasteiger partial charge in [-0.3, -0.25) is 9.58 Å². The molecule has 1 aromatic heterocycles.